The zero-order valence-electron chi connectivity index (χ0n) is 9.39. The first kappa shape index (κ1) is 10.6. The van der Waals surface area contributed by atoms with Crippen molar-refractivity contribution < 1.29 is 0 Å². The second-order valence-electron chi connectivity index (χ2n) is 4.33. The molecule has 1 fully saturated rings. The van der Waals surface area contributed by atoms with E-state index in [4.69, 9.17) is 5.73 Å². The van der Waals surface area contributed by atoms with Crippen molar-refractivity contribution in [3.05, 3.63) is 18.0 Å². The summed E-state index contributed by atoms with van der Waals surface area (Å²) in [4.78, 5) is 2.41. The minimum absolute atomic E-state index is 0.368. The Labute approximate surface area is 91.1 Å². The summed E-state index contributed by atoms with van der Waals surface area (Å²) in [6, 6.07) is 2.48. The number of hydrogen-bond donors (Lipinski definition) is 1. The Morgan fingerprint density at radius 3 is 3.13 bits per heavy atom. The Hall–Kier alpha value is -0.870. The molecule has 1 aliphatic heterocycles. The monoisotopic (exact) mass is 208 g/mol. The Morgan fingerprint density at radius 1 is 1.60 bits per heavy atom. The van der Waals surface area contributed by atoms with E-state index in [-0.39, 0.29) is 0 Å². The average molecular weight is 208 g/mol. The van der Waals surface area contributed by atoms with Crippen LogP contribution in [0.3, 0.4) is 0 Å². The molecule has 1 saturated heterocycles. The second-order valence-corrected chi connectivity index (χ2v) is 4.33. The van der Waals surface area contributed by atoms with Crippen molar-refractivity contribution in [3.8, 4) is 0 Å². The first-order valence-electron chi connectivity index (χ1n) is 5.78. The van der Waals surface area contributed by atoms with Gasteiger partial charge in [0, 0.05) is 38.4 Å². The zero-order valence-corrected chi connectivity index (χ0v) is 9.39. The fourth-order valence-electron chi connectivity index (χ4n) is 2.14. The molecule has 84 valence electrons. The third-order valence-electron chi connectivity index (χ3n) is 2.93. The predicted molar refractivity (Wildman–Crippen MR) is 60.4 cm³/mol. The lowest BCUT2D eigenvalue weighted by Crippen LogP contribution is -2.27. The van der Waals surface area contributed by atoms with Crippen LogP contribution in [0.15, 0.2) is 12.3 Å². The van der Waals surface area contributed by atoms with Gasteiger partial charge in [-0.2, -0.15) is 5.10 Å². The van der Waals surface area contributed by atoms with Gasteiger partial charge in [0.2, 0.25) is 0 Å². The topological polar surface area (TPSA) is 47.1 Å². The number of aryl methyl sites for hydroxylation is 1. The number of nitrogens with zero attached hydrogens (tertiary/aromatic N) is 3. The van der Waals surface area contributed by atoms with Crippen molar-refractivity contribution in [1.29, 1.82) is 0 Å². The molecule has 1 atom stereocenters. The molecule has 0 radical (unpaired) electrons. The summed E-state index contributed by atoms with van der Waals surface area (Å²) >= 11 is 0. The standard InChI is InChI=1S/C11H20N4/c1-2-6-15-11(3-5-13-15)9-14-7-4-10(12)8-14/h3,5,10H,2,4,6-9,12H2,1H3. The van der Waals surface area contributed by atoms with Crippen LogP contribution in [0, 0.1) is 0 Å². The molecular formula is C11H20N4. The van der Waals surface area contributed by atoms with Crippen molar-refractivity contribution >= 4 is 0 Å². The SMILES string of the molecule is CCCn1nccc1CN1CCC(N)C1. The molecule has 2 N–H and O–H groups in total. The summed E-state index contributed by atoms with van der Waals surface area (Å²) in [6.45, 7) is 6.34. The van der Waals surface area contributed by atoms with Crippen LogP contribution >= 0.6 is 0 Å². The summed E-state index contributed by atoms with van der Waals surface area (Å²) < 4.78 is 2.10. The number of nitrogens with two attached hydrogens (primary N) is 1. The van der Waals surface area contributed by atoms with E-state index in [1.54, 1.807) is 0 Å². The molecule has 0 aromatic carbocycles. The van der Waals surface area contributed by atoms with Gasteiger partial charge in [0.05, 0.1) is 5.69 Å². The number of hydrogen-bond acceptors (Lipinski definition) is 3. The molecule has 15 heavy (non-hydrogen) atoms. The maximum atomic E-state index is 5.89. The van der Waals surface area contributed by atoms with Crippen molar-refractivity contribution in [2.75, 3.05) is 13.1 Å². The molecular weight excluding hydrogens is 188 g/mol. The Kier molecular flexibility index (Phi) is 3.38. The van der Waals surface area contributed by atoms with Crippen LogP contribution < -0.4 is 5.73 Å². The highest BCUT2D eigenvalue weighted by molar-refractivity contribution is 5.01. The quantitative estimate of drug-likeness (QED) is 0.797. The van der Waals surface area contributed by atoms with E-state index >= 15 is 0 Å². The fourth-order valence-corrected chi connectivity index (χ4v) is 2.14. The number of likely N-dealkylation sites (tertiary alicyclic amines) is 1. The van der Waals surface area contributed by atoms with Crippen LogP contribution in [0.1, 0.15) is 25.5 Å². The second kappa shape index (κ2) is 4.77. The Balaban J connectivity index is 1.95. The van der Waals surface area contributed by atoms with E-state index in [2.05, 4.69) is 27.7 Å². The van der Waals surface area contributed by atoms with Crippen LogP contribution in [-0.2, 0) is 13.1 Å². The third kappa shape index (κ3) is 2.58. The van der Waals surface area contributed by atoms with Crippen molar-refractivity contribution in [1.82, 2.24) is 14.7 Å². The average Bonchev–Trinajstić information content (AvgIpc) is 2.78. The lowest BCUT2D eigenvalue weighted by molar-refractivity contribution is 0.313. The van der Waals surface area contributed by atoms with Crippen LogP contribution in [0.2, 0.25) is 0 Å². The van der Waals surface area contributed by atoms with Gasteiger partial charge in [0.15, 0.2) is 0 Å². The summed E-state index contributed by atoms with van der Waals surface area (Å²) in [7, 11) is 0. The van der Waals surface area contributed by atoms with E-state index in [9.17, 15) is 0 Å². The van der Waals surface area contributed by atoms with Crippen molar-refractivity contribution in [2.45, 2.75) is 38.9 Å². The molecule has 0 aliphatic carbocycles. The highest BCUT2D eigenvalue weighted by Crippen LogP contribution is 2.12. The third-order valence-corrected chi connectivity index (χ3v) is 2.93. The smallest absolute Gasteiger partial charge is 0.0524 e. The van der Waals surface area contributed by atoms with Crippen LogP contribution in [-0.4, -0.2) is 33.8 Å². The number of rotatable bonds is 4. The molecule has 4 heteroatoms. The summed E-state index contributed by atoms with van der Waals surface area (Å²) in [5.74, 6) is 0. The predicted octanol–water partition coefficient (Wildman–Crippen LogP) is 0.826. The van der Waals surface area contributed by atoms with Gasteiger partial charge in [-0.15, -0.1) is 0 Å². The molecule has 0 saturated carbocycles. The van der Waals surface area contributed by atoms with Gasteiger partial charge >= 0.3 is 0 Å². The molecule has 1 aromatic heterocycles. The maximum absolute atomic E-state index is 5.89. The molecule has 4 nitrogen and oxygen atoms in total. The Morgan fingerprint density at radius 2 is 2.47 bits per heavy atom. The minimum atomic E-state index is 0.368. The van der Waals surface area contributed by atoms with Crippen LogP contribution in [0.4, 0.5) is 0 Å². The highest BCUT2D eigenvalue weighted by Gasteiger charge is 2.19. The molecule has 0 amide bonds. The van der Waals surface area contributed by atoms with Gasteiger partial charge in [0.25, 0.3) is 0 Å². The molecule has 1 unspecified atom stereocenters. The van der Waals surface area contributed by atoms with Crippen molar-refractivity contribution in [2.24, 2.45) is 5.73 Å². The maximum Gasteiger partial charge on any atom is 0.0524 e. The summed E-state index contributed by atoms with van der Waals surface area (Å²) in [6.07, 6.45) is 4.15. The van der Waals surface area contributed by atoms with Gasteiger partial charge < -0.3 is 5.73 Å². The lowest BCUT2D eigenvalue weighted by Gasteiger charge is -2.15. The lowest BCUT2D eigenvalue weighted by atomic mass is 10.3. The van der Waals surface area contributed by atoms with E-state index in [0.29, 0.717) is 6.04 Å². The molecule has 2 heterocycles. The summed E-state index contributed by atoms with van der Waals surface area (Å²) in [5, 5.41) is 4.33. The molecule has 1 aromatic rings. The van der Waals surface area contributed by atoms with Gasteiger partial charge in [-0.3, -0.25) is 9.58 Å². The van der Waals surface area contributed by atoms with E-state index in [1.165, 1.54) is 5.69 Å². The van der Waals surface area contributed by atoms with E-state index in [0.717, 1.165) is 39.0 Å². The number of aromatic nitrogens is 2. The van der Waals surface area contributed by atoms with Crippen LogP contribution in [0.25, 0.3) is 0 Å². The Bertz CT molecular complexity index is 307. The summed E-state index contributed by atoms with van der Waals surface area (Å²) in [5.41, 5.74) is 7.20. The largest absolute Gasteiger partial charge is 0.326 e. The highest BCUT2D eigenvalue weighted by atomic mass is 15.3. The molecule has 1 aliphatic rings. The first-order valence-corrected chi connectivity index (χ1v) is 5.78. The minimum Gasteiger partial charge on any atom is -0.326 e. The molecule has 0 bridgehead atoms. The molecule has 0 spiro atoms. The zero-order chi connectivity index (χ0) is 10.7. The van der Waals surface area contributed by atoms with E-state index in [1.807, 2.05) is 6.20 Å². The normalized spacial score (nSPS) is 22.4. The van der Waals surface area contributed by atoms with Crippen LogP contribution in [0.5, 0.6) is 0 Å². The van der Waals surface area contributed by atoms with Crippen molar-refractivity contribution in [3.63, 3.8) is 0 Å². The van der Waals surface area contributed by atoms with Gasteiger partial charge in [-0.05, 0) is 18.9 Å². The van der Waals surface area contributed by atoms with Gasteiger partial charge in [-0.25, -0.2) is 0 Å². The first-order chi connectivity index (χ1) is 7.29. The van der Waals surface area contributed by atoms with E-state index < -0.39 is 0 Å². The van der Waals surface area contributed by atoms with Gasteiger partial charge in [-0.1, -0.05) is 6.92 Å². The molecule has 2 rings (SSSR count). The fraction of sp³-hybridized carbons (Fsp3) is 0.727. The van der Waals surface area contributed by atoms with Gasteiger partial charge in [0.1, 0.15) is 0 Å².